The van der Waals surface area contributed by atoms with Gasteiger partial charge in [-0.25, -0.2) is 0 Å². The number of nitrogens with zero attached hydrogens (tertiary/aromatic N) is 2. The first-order valence-electron chi connectivity index (χ1n) is 6.96. The Morgan fingerprint density at radius 1 is 1.39 bits per heavy atom. The first-order chi connectivity index (χ1) is 8.58. The Bertz CT molecular complexity index is 416. The standard InChI is InChI=1S/C14H22BrClN2/c1-4-12-14(15)13(18(5-2)17-12)8-10-6-7-11(16)9(10)3/h9-11H,4-8H2,1-3H3. The van der Waals surface area contributed by atoms with Crippen LogP contribution in [0.2, 0.25) is 0 Å². The van der Waals surface area contributed by atoms with Crippen molar-refractivity contribution in [1.82, 2.24) is 9.78 Å². The highest BCUT2D eigenvalue weighted by Gasteiger charge is 2.32. The number of alkyl halides is 1. The van der Waals surface area contributed by atoms with E-state index in [1.54, 1.807) is 0 Å². The first kappa shape index (κ1) is 14.4. The van der Waals surface area contributed by atoms with Crippen molar-refractivity contribution in [1.29, 1.82) is 0 Å². The van der Waals surface area contributed by atoms with E-state index in [4.69, 9.17) is 11.6 Å². The Labute approximate surface area is 123 Å². The third-order valence-corrected chi connectivity index (χ3v) is 5.81. The lowest BCUT2D eigenvalue weighted by Gasteiger charge is -2.17. The minimum Gasteiger partial charge on any atom is -0.268 e. The molecule has 3 atom stereocenters. The van der Waals surface area contributed by atoms with Crippen LogP contribution in [0.25, 0.3) is 0 Å². The topological polar surface area (TPSA) is 17.8 Å². The van der Waals surface area contributed by atoms with Crippen LogP contribution in [0.15, 0.2) is 4.47 Å². The number of aromatic nitrogens is 2. The summed E-state index contributed by atoms with van der Waals surface area (Å²) in [5, 5.41) is 5.03. The van der Waals surface area contributed by atoms with Gasteiger partial charge in [0.25, 0.3) is 0 Å². The van der Waals surface area contributed by atoms with Crippen LogP contribution in [-0.4, -0.2) is 15.2 Å². The second kappa shape index (κ2) is 5.96. The fourth-order valence-electron chi connectivity index (χ4n) is 2.94. The largest absolute Gasteiger partial charge is 0.268 e. The predicted octanol–water partition coefficient (Wildman–Crippen LogP) is 4.42. The number of aryl methyl sites for hydroxylation is 2. The molecule has 0 aliphatic heterocycles. The highest BCUT2D eigenvalue weighted by atomic mass is 79.9. The third-order valence-electron chi connectivity index (χ3n) is 4.28. The molecule has 1 saturated carbocycles. The van der Waals surface area contributed by atoms with Gasteiger partial charge in [-0.3, -0.25) is 4.68 Å². The zero-order valence-electron chi connectivity index (χ0n) is 11.4. The molecule has 0 saturated heterocycles. The van der Waals surface area contributed by atoms with Gasteiger partial charge in [-0.2, -0.15) is 5.10 Å². The fourth-order valence-corrected chi connectivity index (χ4v) is 4.00. The molecule has 1 fully saturated rings. The maximum absolute atomic E-state index is 6.34. The number of halogens is 2. The van der Waals surface area contributed by atoms with E-state index in [9.17, 15) is 0 Å². The Balaban J connectivity index is 2.20. The summed E-state index contributed by atoms with van der Waals surface area (Å²) < 4.78 is 3.37. The second-order valence-corrected chi connectivity index (χ2v) is 6.65. The van der Waals surface area contributed by atoms with E-state index in [0.29, 0.717) is 17.2 Å². The lowest BCUT2D eigenvalue weighted by Crippen LogP contribution is -2.15. The maximum Gasteiger partial charge on any atom is 0.0766 e. The molecule has 1 heterocycles. The van der Waals surface area contributed by atoms with Crippen molar-refractivity contribution in [2.75, 3.05) is 0 Å². The predicted molar refractivity (Wildman–Crippen MR) is 80.2 cm³/mol. The molecule has 0 spiro atoms. The van der Waals surface area contributed by atoms with Gasteiger partial charge in [0.1, 0.15) is 0 Å². The van der Waals surface area contributed by atoms with Crippen LogP contribution in [0, 0.1) is 11.8 Å². The van der Waals surface area contributed by atoms with Crippen LogP contribution in [0.4, 0.5) is 0 Å². The molecule has 102 valence electrons. The summed E-state index contributed by atoms with van der Waals surface area (Å²) in [6.45, 7) is 7.55. The molecule has 0 radical (unpaired) electrons. The highest BCUT2D eigenvalue weighted by Crippen LogP contribution is 2.38. The molecule has 3 unspecified atom stereocenters. The Kier molecular flexibility index (Phi) is 4.76. The Hall–Kier alpha value is -0.0200. The molecule has 1 aliphatic rings. The zero-order valence-corrected chi connectivity index (χ0v) is 13.8. The second-order valence-electron chi connectivity index (χ2n) is 5.29. The maximum atomic E-state index is 6.34. The van der Waals surface area contributed by atoms with Gasteiger partial charge < -0.3 is 0 Å². The average molecular weight is 334 g/mol. The summed E-state index contributed by atoms with van der Waals surface area (Å²) in [7, 11) is 0. The fraction of sp³-hybridized carbons (Fsp3) is 0.786. The zero-order chi connectivity index (χ0) is 13.3. The molecular formula is C14H22BrClN2. The molecule has 1 aromatic rings. The monoisotopic (exact) mass is 332 g/mol. The van der Waals surface area contributed by atoms with Gasteiger partial charge in [-0.05, 0) is 60.4 Å². The van der Waals surface area contributed by atoms with Crippen molar-refractivity contribution in [3.05, 3.63) is 15.9 Å². The van der Waals surface area contributed by atoms with Crippen LogP contribution >= 0.6 is 27.5 Å². The van der Waals surface area contributed by atoms with Gasteiger partial charge in [0, 0.05) is 11.9 Å². The van der Waals surface area contributed by atoms with E-state index in [2.05, 4.69) is 46.5 Å². The van der Waals surface area contributed by atoms with Gasteiger partial charge in [0.15, 0.2) is 0 Å². The molecule has 2 rings (SSSR count). The van der Waals surface area contributed by atoms with Crippen molar-refractivity contribution in [3.8, 4) is 0 Å². The van der Waals surface area contributed by atoms with Crippen molar-refractivity contribution in [2.45, 2.75) is 58.4 Å². The van der Waals surface area contributed by atoms with E-state index in [1.807, 2.05) is 0 Å². The minimum absolute atomic E-state index is 0.359. The smallest absolute Gasteiger partial charge is 0.0766 e. The Morgan fingerprint density at radius 3 is 2.61 bits per heavy atom. The van der Waals surface area contributed by atoms with Gasteiger partial charge in [-0.15, -0.1) is 11.6 Å². The molecule has 1 aliphatic carbocycles. The molecule has 4 heteroatoms. The average Bonchev–Trinajstić information content (AvgIpc) is 2.85. The summed E-state index contributed by atoms with van der Waals surface area (Å²) in [5.41, 5.74) is 2.54. The van der Waals surface area contributed by atoms with E-state index < -0.39 is 0 Å². The molecular weight excluding hydrogens is 312 g/mol. The lowest BCUT2D eigenvalue weighted by molar-refractivity contribution is 0.405. The number of hydrogen-bond acceptors (Lipinski definition) is 1. The summed E-state index contributed by atoms with van der Waals surface area (Å²) >= 11 is 10.1. The SMILES string of the molecule is CCc1nn(CC)c(CC2CCC(Cl)C2C)c1Br. The summed E-state index contributed by atoms with van der Waals surface area (Å²) in [6.07, 6.45) is 4.49. The van der Waals surface area contributed by atoms with Gasteiger partial charge in [0.05, 0.1) is 15.9 Å². The normalized spacial score (nSPS) is 27.9. The van der Waals surface area contributed by atoms with Gasteiger partial charge in [0.2, 0.25) is 0 Å². The molecule has 2 nitrogen and oxygen atoms in total. The minimum atomic E-state index is 0.359. The molecule has 0 N–H and O–H groups in total. The third kappa shape index (κ3) is 2.62. The molecule has 0 bridgehead atoms. The van der Waals surface area contributed by atoms with Crippen LogP contribution in [0.1, 0.15) is 45.0 Å². The van der Waals surface area contributed by atoms with E-state index in [0.717, 1.165) is 25.8 Å². The van der Waals surface area contributed by atoms with Gasteiger partial charge >= 0.3 is 0 Å². The summed E-state index contributed by atoms with van der Waals surface area (Å²) in [5.74, 6) is 1.32. The van der Waals surface area contributed by atoms with Crippen molar-refractivity contribution in [3.63, 3.8) is 0 Å². The van der Waals surface area contributed by atoms with Crippen LogP contribution < -0.4 is 0 Å². The van der Waals surface area contributed by atoms with Crippen LogP contribution in [-0.2, 0) is 19.4 Å². The summed E-state index contributed by atoms with van der Waals surface area (Å²) in [4.78, 5) is 0. The van der Waals surface area contributed by atoms with Gasteiger partial charge in [-0.1, -0.05) is 13.8 Å². The highest BCUT2D eigenvalue weighted by molar-refractivity contribution is 9.10. The molecule has 0 amide bonds. The molecule has 18 heavy (non-hydrogen) atoms. The lowest BCUT2D eigenvalue weighted by atomic mass is 9.93. The number of hydrogen-bond donors (Lipinski definition) is 0. The molecule has 1 aromatic heterocycles. The van der Waals surface area contributed by atoms with E-state index in [1.165, 1.54) is 22.3 Å². The van der Waals surface area contributed by atoms with E-state index in [-0.39, 0.29) is 0 Å². The van der Waals surface area contributed by atoms with Crippen LogP contribution in [0.3, 0.4) is 0 Å². The quantitative estimate of drug-likeness (QED) is 0.746. The summed E-state index contributed by atoms with van der Waals surface area (Å²) in [6, 6.07) is 0. The molecule has 0 aromatic carbocycles. The Morgan fingerprint density at radius 2 is 2.11 bits per heavy atom. The van der Waals surface area contributed by atoms with Crippen LogP contribution in [0.5, 0.6) is 0 Å². The van der Waals surface area contributed by atoms with E-state index >= 15 is 0 Å². The van der Waals surface area contributed by atoms with Crippen molar-refractivity contribution < 1.29 is 0 Å². The van der Waals surface area contributed by atoms with Crippen molar-refractivity contribution >= 4 is 27.5 Å². The van der Waals surface area contributed by atoms with Crippen molar-refractivity contribution in [2.24, 2.45) is 11.8 Å². The first-order valence-corrected chi connectivity index (χ1v) is 8.19. The number of rotatable bonds is 4.